The van der Waals surface area contributed by atoms with Crippen LogP contribution in [0.2, 0.25) is 0 Å². The average Bonchev–Trinajstić information content (AvgIpc) is 2.97. The molecule has 2 aromatic rings. The van der Waals surface area contributed by atoms with Gasteiger partial charge in [0.2, 0.25) is 5.91 Å². The number of para-hydroxylation sites is 1. The summed E-state index contributed by atoms with van der Waals surface area (Å²) in [6.07, 6.45) is 0.0617. The molecule has 0 saturated carbocycles. The molecule has 0 bridgehead atoms. The smallest absolute Gasteiger partial charge is 0.228 e. The van der Waals surface area contributed by atoms with Gasteiger partial charge in [-0.25, -0.2) is 0 Å². The number of carbonyl (C=O) groups is 1. The summed E-state index contributed by atoms with van der Waals surface area (Å²) in [6.45, 7) is 7.25. The summed E-state index contributed by atoms with van der Waals surface area (Å²) in [5.41, 5.74) is 0.238. The Balaban J connectivity index is 1.60. The number of hydrogen-bond acceptors (Lipinski definition) is 5. The average molecular weight is 344 g/mol. The summed E-state index contributed by atoms with van der Waals surface area (Å²) < 4.78 is 16.9. The second-order valence-electron chi connectivity index (χ2n) is 7.00. The van der Waals surface area contributed by atoms with Crippen molar-refractivity contribution < 1.29 is 18.8 Å². The number of nitrogens with zero attached hydrogens (tertiary/aromatic N) is 2. The third-order valence-corrected chi connectivity index (χ3v) is 4.02. The summed E-state index contributed by atoms with van der Waals surface area (Å²) in [6, 6.07) is 11.4. The predicted octanol–water partition coefficient (Wildman–Crippen LogP) is 2.61. The highest BCUT2D eigenvalue weighted by Crippen LogP contribution is 2.22. The number of morpholine rings is 1. The maximum absolute atomic E-state index is 12.6. The van der Waals surface area contributed by atoms with Crippen molar-refractivity contribution in [2.24, 2.45) is 0 Å². The molecule has 134 valence electrons. The number of benzene rings is 1. The van der Waals surface area contributed by atoms with Crippen LogP contribution in [0.15, 0.2) is 40.9 Å². The van der Waals surface area contributed by atoms with Crippen LogP contribution in [-0.4, -0.2) is 47.4 Å². The fourth-order valence-corrected chi connectivity index (χ4v) is 3.05. The summed E-state index contributed by atoms with van der Waals surface area (Å²) in [5.74, 6) is 1.53. The van der Waals surface area contributed by atoms with E-state index in [0.29, 0.717) is 31.2 Å². The highest BCUT2D eigenvalue weighted by molar-refractivity contribution is 5.78. The highest BCUT2D eigenvalue weighted by atomic mass is 16.5. The normalized spacial score (nSPS) is 19.6. The molecule has 1 amide bonds. The minimum absolute atomic E-state index is 0.0226. The molecule has 1 fully saturated rings. The molecular formula is C19H24N2O4. The van der Waals surface area contributed by atoms with Gasteiger partial charge < -0.3 is 18.9 Å². The monoisotopic (exact) mass is 344 g/mol. The van der Waals surface area contributed by atoms with E-state index in [4.69, 9.17) is 14.0 Å². The molecule has 0 radical (unpaired) electrons. The Morgan fingerprint density at radius 1 is 1.36 bits per heavy atom. The predicted molar refractivity (Wildman–Crippen MR) is 92.4 cm³/mol. The third kappa shape index (κ3) is 4.82. The van der Waals surface area contributed by atoms with Crippen molar-refractivity contribution in [3.63, 3.8) is 0 Å². The Morgan fingerprint density at radius 3 is 2.80 bits per heavy atom. The van der Waals surface area contributed by atoms with Crippen LogP contribution in [0, 0.1) is 6.92 Å². The second-order valence-corrected chi connectivity index (χ2v) is 7.00. The summed E-state index contributed by atoms with van der Waals surface area (Å²) in [5, 5.41) is 3.90. The largest absolute Gasteiger partial charge is 0.491 e. The van der Waals surface area contributed by atoms with Crippen molar-refractivity contribution in [1.82, 2.24) is 10.1 Å². The van der Waals surface area contributed by atoms with E-state index in [1.165, 1.54) is 0 Å². The van der Waals surface area contributed by atoms with Gasteiger partial charge in [0.1, 0.15) is 24.2 Å². The van der Waals surface area contributed by atoms with Gasteiger partial charge in [-0.3, -0.25) is 4.79 Å². The molecule has 0 N–H and O–H groups in total. The Kier molecular flexibility index (Phi) is 5.08. The number of carbonyl (C=O) groups excluding carboxylic acids is 1. The lowest BCUT2D eigenvalue weighted by Crippen LogP contribution is -2.56. The molecule has 1 unspecified atom stereocenters. The van der Waals surface area contributed by atoms with Crippen LogP contribution in [0.1, 0.15) is 25.3 Å². The minimum atomic E-state index is -0.418. The summed E-state index contributed by atoms with van der Waals surface area (Å²) in [7, 11) is 0. The molecule has 6 heteroatoms. The standard InChI is InChI=1S/C19H24N2O4/c1-14-9-15(20-25-14)10-18(22)21-11-17(24-19(2,3)13-21)12-23-16-7-5-4-6-8-16/h4-9,17H,10-13H2,1-3H3. The van der Waals surface area contributed by atoms with Crippen LogP contribution in [-0.2, 0) is 16.0 Å². The Morgan fingerprint density at radius 2 is 2.12 bits per heavy atom. The van der Waals surface area contributed by atoms with E-state index in [-0.39, 0.29) is 18.4 Å². The van der Waals surface area contributed by atoms with Gasteiger partial charge in [-0.1, -0.05) is 23.4 Å². The van der Waals surface area contributed by atoms with Crippen LogP contribution >= 0.6 is 0 Å². The van der Waals surface area contributed by atoms with Crippen molar-refractivity contribution in [2.45, 2.75) is 38.9 Å². The van der Waals surface area contributed by atoms with Crippen LogP contribution in [0.5, 0.6) is 5.75 Å². The number of rotatable bonds is 5. The molecule has 1 aliphatic rings. The van der Waals surface area contributed by atoms with Gasteiger partial charge in [0.25, 0.3) is 0 Å². The van der Waals surface area contributed by atoms with E-state index in [0.717, 1.165) is 5.75 Å². The topological polar surface area (TPSA) is 64.8 Å². The lowest BCUT2D eigenvalue weighted by atomic mass is 10.0. The third-order valence-electron chi connectivity index (χ3n) is 4.02. The molecule has 1 saturated heterocycles. The van der Waals surface area contributed by atoms with Crippen molar-refractivity contribution in [2.75, 3.05) is 19.7 Å². The molecule has 1 aromatic carbocycles. The van der Waals surface area contributed by atoms with E-state index < -0.39 is 5.60 Å². The molecular weight excluding hydrogens is 320 g/mol. The van der Waals surface area contributed by atoms with Crippen LogP contribution in [0.4, 0.5) is 0 Å². The lowest BCUT2D eigenvalue weighted by molar-refractivity contribution is -0.165. The number of ether oxygens (including phenoxy) is 2. The van der Waals surface area contributed by atoms with E-state index in [1.807, 2.05) is 56.0 Å². The molecule has 25 heavy (non-hydrogen) atoms. The van der Waals surface area contributed by atoms with Crippen molar-refractivity contribution in [3.8, 4) is 5.75 Å². The first-order valence-electron chi connectivity index (χ1n) is 8.47. The highest BCUT2D eigenvalue weighted by Gasteiger charge is 2.36. The molecule has 1 aliphatic heterocycles. The fourth-order valence-electron chi connectivity index (χ4n) is 3.05. The van der Waals surface area contributed by atoms with E-state index >= 15 is 0 Å². The molecule has 1 aromatic heterocycles. The Hall–Kier alpha value is -2.34. The zero-order chi connectivity index (χ0) is 17.9. The Bertz CT molecular complexity index is 711. The molecule has 3 rings (SSSR count). The quantitative estimate of drug-likeness (QED) is 0.834. The molecule has 0 spiro atoms. The first-order chi connectivity index (χ1) is 11.9. The number of aromatic nitrogens is 1. The number of hydrogen-bond donors (Lipinski definition) is 0. The fraction of sp³-hybridized carbons (Fsp3) is 0.474. The van der Waals surface area contributed by atoms with Gasteiger partial charge in [0.05, 0.1) is 24.3 Å². The minimum Gasteiger partial charge on any atom is -0.491 e. The van der Waals surface area contributed by atoms with Crippen molar-refractivity contribution in [1.29, 1.82) is 0 Å². The SMILES string of the molecule is Cc1cc(CC(=O)N2CC(COc3ccccc3)OC(C)(C)C2)no1. The molecule has 2 heterocycles. The van der Waals surface area contributed by atoms with E-state index in [9.17, 15) is 4.79 Å². The number of aryl methyl sites for hydroxylation is 1. The van der Waals surface area contributed by atoms with E-state index in [1.54, 1.807) is 6.07 Å². The molecule has 6 nitrogen and oxygen atoms in total. The van der Waals surface area contributed by atoms with Crippen LogP contribution < -0.4 is 4.74 Å². The molecule has 1 atom stereocenters. The zero-order valence-corrected chi connectivity index (χ0v) is 14.9. The van der Waals surface area contributed by atoms with Gasteiger partial charge >= 0.3 is 0 Å². The van der Waals surface area contributed by atoms with Gasteiger partial charge in [-0.15, -0.1) is 0 Å². The summed E-state index contributed by atoms with van der Waals surface area (Å²) >= 11 is 0. The number of amides is 1. The second kappa shape index (κ2) is 7.27. The first kappa shape index (κ1) is 17.5. The zero-order valence-electron chi connectivity index (χ0n) is 14.9. The molecule has 0 aliphatic carbocycles. The maximum Gasteiger partial charge on any atom is 0.228 e. The van der Waals surface area contributed by atoms with Gasteiger partial charge in [0.15, 0.2) is 0 Å². The van der Waals surface area contributed by atoms with Crippen molar-refractivity contribution >= 4 is 5.91 Å². The van der Waals surface area contributed by atoms with Gasteiger partial charge in [0, 0.05) is 12.6 Å². The van der Waals surface area contributed by atoms with Crippen LogP contribution in [0.3, 0.4) is 0 Å². The van der Waals surface area contributed by atoms with Crippen LogP contribution in [0.25, 0.3) is 0 Å². The summed E-state index contributed by atoms with van der Waals surface area (Å²) in [4.78, 5) is 14.5. The maximum atomic E-state index is 12.6. The lowest BCUT2D eigenvalue weighted by Gasteiger charge is -2.42. The van der Waals surface area contributed by atoms with Gasteiger partial charge in [-0.2, -0.15) is 0 Å². The van der Waals surface area contributed by atoms with Crippen molar-refractivity contribution in [3.05, 3.63) is 47.9 Å². The Labute approximate surface area is 147 Å². The van der Waals surface area contributed by atoms with E-state index in [2.05, 4.69) is 5.16 Å². The first-order valence-corrected chi connectivity index (χ1v) is 8.47. The van der Waals surface area contributed by atoms with Gasteiger partial charge in [-0.05, 0) is 32.9 Å².